The molecular weight excluding hydrogens is 263 g/mol. The molecule has 0 heterocycles. The van der Waals surface area contributed by atoms with Crippen molar-refractivity contribution in [1.82, 2.24) is 0 Å². The second-order valence-corrected chi connectivity index (χ2v) is 4.58. The van der Waals surface area contributed by atoms with Crippen LogP contribution in [0.15, 0.2) is 22.7 Å². The van der Waals surface area contributed by atoms with Gasteiger partial charge in [-0.2, -0.15) is 0 Å². The van der Waals surface area contributed by atoms with Crippen LogP contribution in [0.2, 0.25) is 0 Å². The maximum atomic E-state index is 13.0. The lowest BCUT2D eigenvalue weighted by molar-refractivity contribution is 0.0597. The van der Waals surface area contributed by atoms with Gasteiger partial charge in [-0.1, -0.05) is 0 Å². The number of aliphatic hydroxyl groups is 1. The Kier molecular flexibility index (Phi) is 3.26. The predicted molar refractivity (Wildman–Crippen MR) is 58.4 cm³/mol. The molecule has 0 radical (unpaired) electrons. The molecule has 1 aromatic rings. The molecule has 0 aromatic heterocycles. The van der Waals surface area contributed by atoms with E-state index >= 15 is 0 Å². The zero-order valence-corrected chi connectivity index (χ0v) is 9.71. The van der Waals surface area contributed by atoms with Crippen LogP contribution < -0.4 is 4.74 Å². The molecule has 15 heavy (non-hydrogen) atoms. The van der Waals surface area contributed by atoms with Gasteiger partial charge >= 0.3 is 0 Å². The van der Waals surface area contributed by atoms with Gasteiger partial charge in [0.2, 0.25) is 0 Å². The first-order chi connectivity index (χ1) is 7.16. The highest BCUT2D eigenvalue weighted by Crippen LogP contribution is 2.30. The van der Waals surface area contributed by atoms with E-state index in [1.165, 1.54) is 12.1 Å². The van der Waals surface area contributed by atoms with Crippen molar-refractivity contribution in [3.8, 4) is 5.75 Å². The van der Waals surface area contributed by atoms with E-state index in [0.717, 1.165) is 19.3 Å². The lowest BCUT2D eigenvalue weighted by Gasteiger charge is -2.17. The summed E-state index contributed by atoms with van der Waals surface area (Å²) in [5, 5.41) is 9.58. The van der Waals surface area contributed by atoms with Gasteiger partial charge < -0.3 is 9.84 Å². The molecule has 82 valence electrons. The van der Waals surface area contributed by atoms with Gasteiger partial charge in [0, 0.05) is 6.07 Å². The SMILES string of the molecule is O[C@@H]1CCC[C@H]1Oc1cc(F)ccc1Br. The first-order valence-corrected chi connectivity index (χ1v) is 5.76. The van der Waals surface area contributed by atoms with Crippen molar-refractivity contribution in [3.05, 3.63) is 28.5 Å². The maximum Gasteiger partial charge on any atom is 0.136 e. The Morgan fingerprint density at radius 3 is 2.87 bits per heavy atom. The molecule has 4 heteroatoms. The van der Waals surface area contributed by atoms with E-state index in [4.69, 9.17) is 4.74 Å². The summed E-state index contributed by atoms with van der Waals surface area (Å²) < 4.78 is 19.2. The van der Waals surface area contributed by atoms with E-state index in [2.05, 4.69) is 15.9 Å². The number of ether oxygens (including phenoxy) is 1. The van der Waals surface area contributed by atoms with Crippen molar-refractivity contribution in [2.45, 2.75) is 31.5 Å². The largest absolute Gasteiger partial charge is 0.486 e. The number of halogens is 2. The van der Waals surface area contributed by atoms with Crippen LogP contribution in [-0.4, -0.2) is 17.3 Å². The van der Waals surface area contributed by atoms with Crippen LogP contribution in [0.25, 0.3) is 0 Å². The molecule has 2 atom stereocenters. The summed E-state index contributed by atoms with van der Waals surface area (Å²) in [5.74, 6) is 0.127. The molecule has 0 amide bonds. The Morgan fingerprint density at radius 2 is 2.20 bits per heavy atom. The highest BCUT2D eigenvalue weighted by atomic mass is 79.9. The molecule has 2 rings (SSSR count). The van der Waals surface area contributed by atoms with E-state index in [9.17, 15) is 9.50 Å². The molecule has 1 aliphatic rings. The molecule has 1 N–H and O–H groups in total. The zero-order chi connectivity index (χ0) is 10.8. The van der Waals surface area contributed by atoms with Gasteiger partial charge in [-0.3, -0.25) is 0 Å². The normalized spacial score (nSPS) is 25.5. The monoisotopic (exact) mass is 274 g/mol. The molecule has 0 spiro atoms. The Labute approximate surface area is 96.2 Å². The predicted octanol–water partition coefficient (Wildman–Crippen LogP) is 2.88. The topological polar surface area (TPSA) is 29.5 Å². The first-order valence-electron chi connectivity index (χ1n) is 4.96. The van der Waals surface area contributed by atoms with Crippen LogP contribution in [0, 0.1) is 5.82 Å². The molecule has 1 saturated carbocycles. The quantitative estimate of drug-likeness (QED) is 0.899. The second-order valence-electron chi connectivity index (χ2n) is 3.73. The summed E-state index contributed by atoms with van der Waals surface area (Å²) in [6.07, 6.45) is 1.91. The molecule has 0 bridgehead atoms. The summed E-state index contributed by atoms with van der Waals surface area (Å²) in [4.78, 5) is 0. The number of rotatable bonds is 2. The van der Waals surface area contributed by atoms with Crippen LogP contribution in [0.1, 0.15) is 19.3 Å². The van der Waals surface area contributed by atoms with Crippen LogP contribution >= 0.6 is 15.9 Å². The summed E-state index contributed by atoms with van der Waals surface area (Å²) in [6, 6.07) is 4.29. The average Bonchev–Trinajstić information content (AvgIpc) is 2.58. The summed E-state index contributed by atoms with van der Waals surface area (Å²) in [6.45, 7) is 0. The van der Waals surface area contributed by atoms with Gasteiger partial charge in [-0.15, -0.1) is 0 Å². The smallest absolute Gasteiger partial charge is 0.136 e. The molecule has 1 aromatic carbocycles. The third-order valence-electron chi connectivity index (χ3n) is 2.59. The number of aliphatic hydroxyl groups excluding tert-OH is 1. The van der Waals surface area contributed by atoms with E-state index < -0.39 is 6.10 Å². The van der Waals surface area contributed by atoms with E-state index in [-0.39, 0.29) is 11.9 Å². The van der Waals surface area contributed by atoms with E-state index in [1.807, 2.05) is 0 Å². The summed E-state index contributed by atoms with van der Waals surface area (Å²) >= 11 is 3.28. The van der Waals surface area contributed by atoms with Crippen LogP contribution in [0.5, 0.6) is 5.75 Å². The third kappa shape index (κ3) is 2.49. The van der Waals surface area contributed by atoms with E-state index in [0.29, 0.717) is 10.2 Å². The lowest BCUT2D eigenvalue weighted by atomic mass is 10.2. The molecule has 0 aliphatic heterocycles. The standard InChI is InChI=1S/C11H12BrFO2/c12-8-5-4-7(13)6-11(8)15-10-3-1-2-9(10)14/h4-6,9-10,14H,1-3H2/t9-,10-/m1/s1. The average molecular weight is 275 g/mol. The van der Waals surface area contributed by atoms with Crippen LogP contribution in [-0.2, 0) is 0 Å². The number of benzene rings is 1. The minimum Gasteiger partial charge on any atom is -0.486 e. The van der Waals surface area contributed by atoms with Gasteiger partial charge in [0.15, 0.2) is 0 Å². The fraction of sp³-hybridized carbons (Fsp3) is 0.455. The van der Waals surface area contributed by atoms with Gasteiger partial charge in [0.1, 0.15) is 17.7 Å². The minimum atomic E-state index is -0.430. The Bertz CT molecular complexity index is 356. The molecule has 0 unspecified atom stereocenters. The van der Waals surface area contributed by atoms with Crippen molar-refractivity contribution < 1.29 is 14.2 Å². The first kappa shape index (κ1) is 10.9. The number of hydrogen-bond acceptors (Lipinski definition) is 2. The van der Waals surface area contributed by atoms with E-state index in [1.54, 1.807) is 6.07 Å². The third-order valence-corrected chi connectivity index (χ3v) is 3.24. The molecule has 2 nitrogen and oxygen atoms in total. The minimum absolute atomic E-state index is 0.205. The van der Waals surface area contributed by atoms with Crippen molar-refractivity contribution in [3.63, 3.8) is 0 Å². The van der Waals surface area contributed by atoms with Crippen molar-refractivity contribution in [2.75, 3.05) is 0 Å². The van der Waals surface area contributed by atoms with Gasteiger partial charge in [0.05, 0.1) is 10.6 Å². The van der Waals surface area contributed by atoms with Crippen LogP contribution in [0.4, 0.5) is 4.39 Å². The molecule has 0 saturated heterocycles. The zero-order valence-electron chi connectivity index (χ0n) is 8.12. The molecule has 1 aliphatic carbocycles. The van der Waals surface area contributed by atoms with Crippen molar-refractivity contribution in [1.29, 1.82) is 0 Å². The van der Waals surface area contributed by atoms with Gasteiger partial charge in [0.25, 0.3) is 0 Å². The fourth-order valence-corrected chi connectivity index (χ4v) is 2.11. The van der Waals surface area contributed by atoms with Crippen LogP contribution in [0.3, 0.4) is 0 Å². The fourth-order valence-electron chi connectivity index (χ4n) is 1.77. The Hall–Kier alpha value is -0.610. The maximum absolute atomic E-state index is 13.0. The number of hydrogen-bond donors (Lipinski definition) is 1. The molecule has 1 fully saturated rings. The summed E-state index contributed by atoms with van der Waals surface area (Å²) in [5.41, 5.74) is 0. The molecular formula is C11H12BrFO2. The lowest BCUT2D eigenvalue weighted by Crippen LogP contribution is -2.25. The van der Waals surface area contributed by atoms with Gasteiger partial charge in [-0.25, -0.2) is 4.39 Å². The van der Waals surface area contributed by atoms with Gasteiger partial charge in [-0.05, 0) is 47.3 Å². The Balaban J connectivity index is 2.12. The van der Waals surface area contributed by atoms with Crippen molar-refractivity contribution in [2.24, 2.45) is 0 Å². The summed E-state index contributed by atoms with van der Waals surface area (Å²) in [7, 11) is 0. The highest BCUT2D eigenvalue weighted by Gasteiger charge is 2.27. The van der Waals surface area contributed by atoms with Crippen molar-refractivity contribution >= 4 is 15.9 Å². The Morgan fingerprint density at radius 1 is 1.40 bits per heavy atom. The second kappa shape index (κ2) is 4.49. The highest BCUT2D eigenvalue weighted by molar-refractivity contribution is 9.10.